The second-order valence-electron chi connectivity index (χ2n) is 2.59. The van der Waals surface area contributed by atoms with Gasteiger partial charge in [0.2, 0.25) is 5.24 Å². The van der Waals surface area contributed by atoms with Gasteiger partial charge >= 0.3 is 11.8 Å². The van der Waals surface area contributed by atoms with Gasteiger partial charge in [-0.05, 0) is 23.0 Å². The average molecular weight is 247 g/mol. The summed E-state index contributed by atoms with van der Waals surface area (Å²) >= 11 is 6.53. The lowest BCUT2D eigenvalue weighted by Crippen LogP contribution is -2.39. The molecule has 1 aromatic heterocycles. The Morgan fingerprint density at radius 1 is 1.47 bits per heavy atom. The van der Waals surface area contributed by atoms with Crippen molar-refractivity contribution in [1.29, 1.82) is 0 Å². The average Bonchev–Trinajstić information content (AvgIpc) is 2.65. The summed E-state index contributed by atoms with van der Waals surface area (Å²) < 4.78 is 0. The van der Waals surface area contributed by atoms with E-state index in [0.29, 0.717) is 4.88 Å². The third-order valence-corrected chi connectivity index (χ3v) is 2.71. The van der Waals surface area contributed by atoms with Crippen LogP contribution in [0.25, 0.3) is 0 Å². The molecule has 0 aliphatic carbocycles. The summed E-state index contributed by atoms with van der Waals surface area (Å²) in [5.41, 5.74) is 4.74. The first-order chi connectivity index (χ1) is 7.02. The lowest BCUT2D eigenvalue weighted by atomic mass is 10.2. The van der Waals surface area contributed by atoms with Crippen LogP contribution in [0.15, 0.2) is 17.5 Å². The van der Waals surface area contributed by atoms with Crippen LogP contribution in [0, 0.1) is 0 Å². The minimum atomic E-state index is -1.16. The van der Waals surface area contributed by atoms with Crippen molar-refractivity contribution in [3.63, 3.8) is 0 Å². The molecule has 0 saturated heterocycles. The lowest BCUT2D eigenvalue weighted by molar-refractivity contribution is -0.138. The van der Waals surface area contributed by atoms with Gasteiger partial charge < -0.3 is 11.1 Å². The van der Waals surface area contributed by atoms with E-state index in [0.717, 1.165) is 0 Å². The Labute approximate surface area is 94.2 Å². The molecule has 1 heterocycles. The Morgan fingerprint density at radius 3 is 2.53 bits per heavy atom. The molecule has 1 unspecified atom stereocenters. The summed E-state index contributed by atoms with van der Waals surface area (Å²) in [6.45, 7) is 0. The fraction of sp³-hybridized carbons (Fsp3) is 0.125. The largest absolute Gasteiger partial charge is 0.361 e. The number of hydrogen-bond acceptors (Lipinski definition) is 4. The van der Waals surface area contributed by atoms with E-state index in [4.69, 9.17) is 17.3 Å². The van der Waals surface area contributed by atoms with E-state index >= 15 is 0 Å². The Hall–Kier alpha value is -1.40. The van der Waals surface area contributed by atoms with Gasteiger partial charge in [-0.1, -0.05) is 6.07 Å². The van der Waals surface area contributed by atoms with Crippen LogP contribution >= 0.6 is 22.9 Å². The van der Waals surface area contributed by atoms with E-state index in [-0.39, 0.29) is 0 Å². The normalized spacial score (nSPS) is 11.8. The predicted octanol–water partition coefficient (Wildman–Crippen LogP) is 0.156. The Kier molecular flexibility index (Phi) is 3.81. The number of thiophene rings is 1. The highest BCUT2D eigenvalue weighted by atomic mass is 35.5. The monoisotopic (exact) mass is 246 g/mol. The minimum absolute atomic E-state index is 0.546. The number of amides is 2. The van der Waals surface area contributed by atoms with Crippen molar-refractivity contribution in [3.8, 4) is 0 Å². The van der Waals surface area contributed by atoms with Crippen LogP contribution in [-0.2, 0) is 14.4 Å². The summed E-state index contributed by atoms with van der Waals surface area (Å²) in [5.74, 6) is -2.20. The van der Waals surface area contributed by atoms with E-state index in [1.54, 1.807) is 17.5 Å². The third-order valence-electron chi connectivity index (χ3n) is 1.55. The molecular weight excluding hydrogens is 240 g/mol. The molecule has 0 aromatic carbocycles. The first-order valence-corrected chi connectivity index (χ1v) is 5.11. The summed E-state index contributed by atoms with van der Waals surface area (Å²) in [6.07, 6.45) is 0. The summed E-state index contributed by atoms with van der Waals surface area (Å²) in [5, 5.41) is 3.08. The molecule has 0 aliphatic heterocycles. The van der Waals surface area contributed by atoms with Crippen LogP contribution in [0.2, 0.25) is 0 Å². The standard InChI is InChI=1S/C8H7ClN2O3S/c9-6(12)5(4-2-1-3-15-4)11-8(14)7(10)13/h1-3,5H,(H2,10,13)(H,11,14). The highest BCUT2D eigenvalue weighted by Crippen LogP contribution is 2.20. The highest BCUT2D eigenvalue weighted by Gasteiger charge is 2.23. The number of nitrogens with two attached hydrogens (primary N) is 1. The van der Waals surface area contributed by atoms with Crippen LogP contribution in [0.1, 0.15) is 10.9 Å². The van der Waals surface area contributed by atoms with Gasteiger partial charge in [-0.2, -0.15) is 0 Å². The van der Waals surface area contributed by atoms with Gasteiger partial charge in [0, 0.05) is 4.88 Å². The zero-order valence-corrected chi connectivity index (χ0v) is 8.97. The zero-order chi connectivity index (χ0) is 11.4. The molecule has 0 spiro atoms. The van der Waals surface area contributed by atoms with Gasteiger partial charge in [-0.25, -0.2) is 0 Å². The molecule has 15 heavy (non-hydrogen) atoms. The topological polar surface area (TPSA) is 89.3 Å². The number of carbonyl (C=O) groups is 3. The molecule has 0 aliphatic rings. The predicted molar refractivity (Wildman–Crippen MR) is 55.3 cm³/mol. The van der Waals surface area contributed by atoms with Gasteiger partial charge in [0.1, 0.15) is 6.04 Å². The van der Waals surface area contributed by atoms with Crippen molar-refractivity contribution in [1.82, 2.24) is 5.32 Å². The molecule has 5 nitrogen and oxygen atoms in total. The SMILES string of the molecule is NC(=O)C(=O)NC(C(=O)Cl)c1cccs1. The smallest absolute Gasteiger partial charge is 0.309 e. The lowest BCUT2D eigenvalue weighted by Gasteiger charge is -2.11. The first kappa shape index (κ1) is 11.7. The van der Waals surface area contributed by atoms with Gasteiger partial charge in [0.25, 0.3) is 0 Å². The Morgan fingerprint density at radius 2 is 2.13 bits per heavy atom. The molecule has 3 N–H and O–H groups in total. The molecular formula is C8H7ClN2O3S. The van der Waals surface area contributed by atoms with E-state index < -0.39 is 23.1 Å². The van der Waals surface area contributed by atoms with E-state index in [1.807, 2.05) is 0 Å². The summed E-state index contributed by atoms with van der Waals surface area (Å²) in [7, 11) is 0. The van der Waals surface area contributed by atoms with Crippen molar-refractivity contribution < 1.29 is 14.4 Å². The van der Waals surface area contributed by atoms with Crippen molar-refractivity contribution >= 4 is 40.0 Å². The molecule has 1 rings (SSSR count). The minimum Gasteiger partial charge on any atom is -0.361 e. The van der Waals surface area contributed by atoms with E-state index in [1.165, 1.54) is 11.3 Å². The van der Waals surface area contributed by atoms with Gasteiger partial charge in [0.05, 0.1) is 0 Å². The summed E-state index contributed by atoms with van der Waals surface area (Å²) in [4.78, 5) is 33.0. The van der Waals surface area contributed by atoms with Crippen molar-refractivity contribution in [2.24, 2.45) is 5.73 Å². The maximum absolute atomic E-state index is 11.0. The molecule has 2 amide bonds. The fourth-order valence-corrected chi connectivity index (χ4v) is 1.91. The third kappa shape index (κ3) is 3.03. The summed E-state index contributed by atoms with van der Waals surface area (Å²) in [6, 6.07) is 2.30. The van der Waals surface area contributed by atoms with Crippen molar-refractivity contribution in [2.75, 3.05) is 0 Å². The molecule has 1 atom stereocenters. The number of nitrogens with one attached hydrogen (secondary N) is 1. The molecule has 1 aromatic rings. The van der Waals surface area contributed by atoms with Crippen LogP contribution in [0.3, 0.4) is 0 Å². The first-order valence-electron chi connectivity index (χ1n) is 3.85. The van der Waals surface area contributed by atoms with Gasteiger partial charge in [-0.3, -0.25) is 14.4 Å². The van der Waals surface area contributed by atoms with Gasteiger partial charge in [-0.15, -0.1) is 11.3 Å². The van der Waals surface area contributed by atoms with E-state index in [9.17, 15) is 14.4 Å². The maximum Gasteiger partial charge on any atom is 0.309 e. The van der Waals surface area contributed by atoms with Crippen molar-refractivity contribution in [2.45, 2.75) is 6.04 Å². The number of primary amides is 1. The number of rotatable bonds is 3. The molecule has 80 valence electrons. The number of halogens is 1. The van der Waals surface area contributed by atoms with Crippen LogP contribution < -0.4 is 11.1 Å². The fourth-order valence-electron chi connectivity index (χ4n) is 0.897. The molecule has 0 saturated carbocycles. The van der Waals surface area contributed by atoms with Crippen molar-refractivity contribution in [3.05, 3.63) is 22.4 Å². The second kappa shape index (κ2) is 4.90. The molecule has 0 bridgehead atoms. The molecule has 0 fully saturated rings. The Bertz CT molecular complexity index is 391. The Balaban J connectivity index is 2.81. The number of hydrogen-bond donors (Lipinski definition) is 2. The van der Waals surface area contributed by atoms with Crippen LogP contribution in [0.4, 0.5) is 0 Å². The number of carbonyl (C=O) groups excluding carboxylic acids is 3. The quantitative estimate of drug-likeness (QED) is 0.588. The second-order valence-corrected chi connectivity index (χ2v) is 3.94. The zero-order valence-electron chi connectivity index (χ0n) is 7.40. The van der Waals surface area contributed by atoms with Crippen LogP contribution in [-0.4, -0.2) is 17.1 Å². The maximum atomic E-state index is 11.0. The molecule has 0 radical (unpaired) electrons. The highest BCUT2D eigenvalue weighted by molar-refractivity contribution is 7.10. The van der Waals surface area contributed by atoms with E-state index in [2.05, 4.69) is 5.32 Å². The van der Waals surface area contributed by atoms with Gasteiger partial charge in [0.15, 0.2) is 0 Å². The molecule has 7 heteroatoms. The van der Waals surface area contributed by atoms with Crippen LogP contribution in [0.5, 0.6) is 0 Å².